The minimum atomic E-state index is -0.955. The topological polar surface area (TPSA) is 88.0 Å². The first-order valence-corrected chi connectivity index (χ1v) is 13.5. The van der Waals surface area contributed by atoms with Crippen molar-refractivity contribution in [3.05, 3.63) is 94.5 Å². The average molecular weight is 710 g/mol. The normalized spacial score (nSPS) is 15.5. The highest BCUT2D eigenvalue weighted by Crippen LogP contribution is 2.33. The quantitative estimate of drug-likeness (QED) is 0.220. The van der Waals surface area contributed by atoms with Gasteiger partial charge in [0.2, 0.25) is 0 Å². The van der Waals surface area contributed by atoms with Crippen molar-refractivity contribution in [3.63, 3.8) is 0 Å². The van der Waals surface area contributed by atoms with Crippen LogP contribution in [-0.4, -0.2) is 22.2 Å². The van der Waals surface area contributed by atoms with Gasteiger partial charge in [-0.2, -0.15) is 0 Å². The van der Waals surface area contributed by atoms with E-state index in [4.69, 9.17) is 9.84 Å². The zero-order chi connectivity index (χ0) is 25.1. The molecule has 9 heteroatoms. The van der Waals surface area contributed by atoms with E-state index in [-0.39, 0.29) is 11.5 Å². The monoisotopic (exact) mass is 710 g/mol. The largest absolute Gasteiger partial charge is 0.487 e. The van der Waals surface area contributed by atoms with E-state index in [2.05, 4.69) is 61.6 Å². The van der Waals surface area contributed by atoms with Crippen molar-refractivity contribution in [3.8, 4) is 5.75 Å². The van der Waals surface area contributed by atoms with Crippen LogP contribution in [0.3, 0.4) is 0 Å². The fourth-order valence-electron chi connectivity index (χ4n) is 3.46. The predicted octanol–water partition coefficient (Wildman–Crippen LogP) is 6.68. The molecule has 1 heterocycles. The minimum Gasteiger partial charge on any atom is -0.487 e. The SMILES string of the molecule is Cc1cc(C)cc(N=C2NC(=O)/C(=C/c3cc(I)c(OCc4ccc(C(=O)O)cc4)c(I)c3)S2)c1. The van der Waals surface area contributed by atoms with Gasteiger partial charge < -0.3 is 15.2 Å². The summed E-state index contributed by atoms with van der Waals surface area (Å²) < 4.78 is 7.84. The molecule has 2 N–H and O–H groups in total. The van der Waals surface area contributed by atoms with Gasteiger partial charge in [-0.15, -0.1) is 0 Å². The van der Waals surface area contributed by atoms with Crippen LogP contribution in [0.15, 0.2) is 64.5 Å². The van der Waals surface area contributed by atoms with E-state index in [0.717, 1.165) is 40.8 Å². The van der Waals surface area contributed by atoms with Crippen molar-refractivity contribution in [2.24, 2.45) is 4.99 Å². The van der Waals surface area contributed by atoms with E-state index in [1.807, 2.05) is 44.2 Å². The summed E-state index contributed by atoms with van der Waals surface area (Å²) in [6.07, 6.45) is 1.85. The molecule has 3 aromatic rings. The number of carboxylic acid groups (broad SMARTS) is 1. The highest BCUT2D eigenvalue weighted by Gasteiger charge is 2.24. The van der Waals surface area contributed by atoms with Gasteiger partial charge in [0, 0.05) is 0 Å². The van der Waals surface area contributed by atoms with Crippen LogP contribution in [0, 0.1) is 21.0 Å². The average Bonchev–Trinajstić information content (AvgIpc) is 3.11. The van der Waals surface area contributed by atoms with Crippen LogP contribution in [-0.2, 0) is 11.4 Å². The summed E-state index contributed by atoms with van der Waals surface area (Å²) in [7, 11) is 0. The van der Waals surface area contributed by atoms with Crippen molar-refractivity contribution >= 4 is 85.8 Å². The van der Waals surface area contributed by atoms with Gasteiger partial charge in [-0.25, -0.2) is 9.79 Å². The number of hydrogen-bond donors (Lipinski definition) is 2. The Balaban J connectivity index is 1.48. The standard InChI is InChI=1S/C26H20I2N2O4S/c1-14-7-15(2)9-19(8-14)29-26-30-24(31)22(35-26)12-17-10-20(27)23(21(28)11-17)34-13-16-3-5-18(6-4-16)25(32)33/h3-12H,13H2,1-2H3,(H,32,33)(H,29,30,31)/b22-12-. The lowest BCUT2D eigenvalue weighted by molar-refractivity contribution is -0.115. The molecular formula is C26H20I2N2O4S. The molecular weight excluding hydrogens is 690 g/mol. The molecule has 0 bridgehead atoms. The van der Waals surface area contributed by atoms with Crippen molar-refractivity contribution in [1.29, 1.82) is 0 Å². The third-order valence-electron chi connectivity index (χ3n) is 4.99. The summed E-state index contributed by atoms with van der Waals surface area (Å²) in [4.78, 5) is 28.7. The predicted molar refractivity (Wildman–Crippen MR) is 156 cm³/mol. The second-order valence-corrected chi connectivity index (χ2v) is 11.3. The number of aryl methyl sites for hydroxylation is 2. The van der Waals surface area contributed by atoms with Gasteiger partial charge in [-0.05, 0) is 136 Å². The molecule has 1 fully saturated rings. The van der Waals surface area contributed by atoms with E-state index in [1.165, 1.54) is 11.8 Å². The Morgan fingerprint density at radius 2 is 1.69 bits per heavy atom. The Bertz CT molecular complexity index is 1340. The number of carbonyl (C=O) groups is 2. The molecule has 6 nitrogen and oxygen atoms in total. The minimum absolute atomic E-state index is 0.173. The van der Waals surface area contributed by atoms with Gasteiger partial charge in [-0.3, -0.25) is 4.79 Å². The van der Waals surface area contributed by atoms with Crippen LogP contribution in [0.25, 0.3) is 6.08 Å². The van der Waals surface area contributed by atoms with Crippen LogP contribution in [0.4, 0.5) is 5.69 Å². The summed E-state index contributed by atoms with van der Waals surface area (Å²) >= 11 is 5.75. The Morgan fingerprint density at radius 3 is 2.29 bits per heavy atom. The first-order valence-electron chi connectivity index (χ1n) is 10.5. The van der Waals surface area contributed by atoms with E-state index >= 15 is 0 Å². The van der Waals surface area contributed by atoms with E-state index < -0.39 is 5.97 Å². The summed E-state index contributed by atoms with van der Waals surface area (Å²) in [5, 5.41) is 12.4. The number of nitrogens with one attached hydrogen (secondary N) is 1. The maximum Gasteiger partial charge on any atom is 0.335 e. The molecule has 0 radical (unpaired) electrons. The van der Waals surface area contributed by atoms with E-state index in [9.17, 15) is 9.59 Å². The zero-order valence-corrected chi connectivity index (χ0v) is 23.9. The van der Waals surface area contributed by atoms with Gasteiger partial charge in [0.15, 0.2) is 5.17 Å². The molecule has 35 heavy (non-hydrogen) atoms. The van der Waals surface area contributed by atoms with Crippen molar-refractivity contribution < 1.29 is 19.4 Å². The Labute approximate surface area is 234 Å². The summed E-state index contributed by atoms with van der Waals surface area (Å²) in [6.45, 7) is 4.37. The first kappa shape index (κ1) is 25.7. The number of carboxylic acids is 1. The zero-order valence-electron chi connectivity index (χ0n) is 18.8. The maximum absolute atomic E-state index is 12.5. The molecule has 178 valence electrons. The van der Waals surface area contributed by atoms with Gasteiger partial charge in [-0.1, -0.05) is 18.2 Å². The van der Waals surface area contributed by atoms with Gasteiger partial charge >= 0.3 is 5.97 Å². The summed E-state index contributed by atoms with van der Waals surface area (Å²) in [6, 6.07) is 16.6. The first-order chi connectivity index (χ1) is 16.7. The Hall–Kier alpha value is -2.38. The van der Waals surface area contributed by atoms with Crippen LogP contribution in [0.2, 0.25) is 0 Å². The number of aliphatic imine (C=N–C) groups is 1. The highest BCUT2D eigenvalue weighted by atomic mass is 127. The lowest BCUT2D eigenvalue weighted by atomic mass is 10.1. The number of hydrogen-bond acceptors (Lipinski definition) is 5. The molecule has 3 aromatic carbocycles. The number of carbonyl (C=O) groups excluding carboxylic acids is 1. The lowest BCUT2D eigenvalue weighted by Gasteiger charge is -2.12. The molecule has 1 amide bonds. The summed E-state index contributed by atoms with van der Waals surface area (Å²) in [5.41, 5.74) is 5.07. The second-order valence-electron chi connectivity index (χ2n) is 7.93. The molecule has 1 saturated heterocycles. The van der Waals surface area contributed by atoms with Crippen LogP contribution in [0.5, 0.6) is 5.75 Å². The Morgan fingerprint density at radius 1 is 1.06 bits per heavy atom. The number of aromatic carboxylic acids is 1. The smallest absolute Gasteiger partial charge is 0.335 e. The van der Waals surface area contributed by atoms with E-state index in [1.54, 1.807) is 24.3 Å². The number of rotatable bonds is 6. The van der Waals surface area contributed by atoms with Crippen LogP contribution >= 0.6 is 56.9 Å². The van der Waals surface area contributed by atoms with Gasteiger partial charge in [0.05, 0.1) is 23.3 Å². The van der Waals surface area contributed by atoms with Crippen LogP contribution in [0.1, 0.15) is 32.6 Å². The third-order valence-corrected chi connectivity index (χ3v) is 7.50. The third kappa shape index (κ3) is 6.64. The van der Waals surface area contributed by atoms with Gasteiger partial charge in [0.25, 0.3) is 5.91 Å². The van der Waals surface area contributed by atoms with Crippen molar-refractivity contribution in [2.45, 2.75) is 20.5 Å². The number of amides is 1. The molecule has 0 saturated carbocycles. The molecule has 1 aliphatic rings. The number of ether oxygens (including phenoxy) is 1. The van der Waals surface area contributed by atoms with Crippen molar-refractivity contribution in [1.82, 2.24) is 5.32 Å². The number of amidine groups is 1. The van der Waals surface area contributed by atoms with Crippen molar-refractivity contribution in [2.75, 3.05) is 0 Å². The van der Waals surface area contributed by atoms with Crippen LogP contribution < -0.4 is 10.1 Å². The molecule has 0 aromatic heterocycles. The number of benzene rings is 3. The fourth-order valence-corrected chi connectivity index (χ4v) is 6.43. The maximum atomic E-state index is 12.5. The number of nitrogens with zero attached hydrogens (tertiary/aromatic N) is 1. The highest BCUT2D eigenvalue weighted by molar-refractivity contribution is 14.1. The van der Waals surface area contributed by atoms with Gasteiger partial charge in [0.1, 0.15) is 12.4 Å². The summed E-state index contributed by atoms with van der Waals surface area (Å²) in [5.74, 6) is -0.381. The Kier molecular flexibility index (Phi) is 8.17. The number of thioether (sulfide) groups is 1. The fraction of sp³-hybridized carbons (Fsp3) is 0.115. The number of halogens is 2. The molecule has 0 spiro atoms. The molecule has 0 aliphatic carbocycles. The molecule has 0 unspecified atom stereocenters. The second kappa shape index (κ2) is 11.1. The van der Waals surface area contributed by atoms with E-state index in [0.29, 0.717) is 16.7 Å². The molecule has 0 atom stereocenters. The lowest BCUT2D eigenvalue weighted by Crippen LogP contribution is -2.19. The molecule has 1 aliphatic heterocycles. The molecule has 4 rings (SSSR count).